The molecule has 2 aromatic carbocycles. The number of carbonyl (C=O) groups is 1. The van der Waals surface area contributed by atoms with E-state index in [0.29, 0.717) is 17.5 Å². The Morgan fingerprint density at radius 2 is 1.97 bits per heavy atom. The highest BCUT2D eigenvalue weighted by atomic mass is 19.2. The minimum absolute atomic E-state index is 0.101. The van der Waals surface area contributed by atoms with Gasteiger partial charge in [-0.2, -0.15) is 0 Å². The Morgan fingerprint density at radius 3 is 2.63 bits per heavy atom. The molecule has 1 heterocycles. The summed E-state index contributed by atoms with van der Waals surface area (Å²) in [5.74, 6) is -2.83. The van der Waals surface area contributed by atoms with Crippen molar-refractivity contribution in [3.8, 4) is 0 Å². The number of oxazole rings is 1. The number of rotatable bonds is 7. The summed E-state index contributed by atoms with van der Waals surface area (Å²) in [6.45, 7) is 1.88. The van der Waals surface area contributed by atoms with Crippen LogP contribution in [-0.2, 0) is 11.3 Å². The molecular formula is C20H19F2N3O5. The number of amides is 1. The number of nitro benzene ring substituents is 1. The molecule has 8 nitrogen and oxygen atoms in total. The molecule has 0 saturated heterocycles. The first-order valence-corrected chi connectivity index (χ1v) is 9.17. The van der Waals surface area contributed by atoms with Gasteiger partial charge in [0, 0.05) is 26.1 Å². The summed E-state index contributed by atoms with van der Waals surface area (Å²) < 4.78 is 32.9. The fourth-order valence-electron chi connectivity index (χ4n) is 3.16. The fraction of sp³-hybridized carbons (Fsp3) is 0.300. The second-order valence-corrected chi connectivity index (χ2v) is 6.89. The van der Waals surface area contributed by atoms with E-state index in [1.54, 1.807) is 14.0 Å². The van der Waals surface area contributed by atoms with E-state index in [-0.39, 0.29) is 30.1 Å². The van der Waals surface area contributed by atoms with Crippen LogP contribution in [0.5, 0.6) is 0 Å². The van der Waals surface area contributed by atoms with Crippen molar-refractivity contribution in [2.75, 3.05) is 7.05 Å². The molecule has 158 valence electrons. The molecule has 1 aromatic heterocycles. The first-order chi connectivity index (χ1) is 14.2. The highest BCUT2D eigenvalue weighted by Crippen LogP contribution is 2.23. The van der Waals surface area contributed by atoms with Crippen LogP contribution < -0.4 is 5.76 Å². The van der Waals surface area contributed by atoms with Crippen molar-refractivity contribution >= 4 is 22.7 Å². The van der Waals surface area contributed by atoms with Crippen LogP contribution in [0.2, 0.25) is 0 Å². The molecular weight excluding hydrogens is 400 g/mol. The predicted octanol–water partition coefficient (Wildman–Crippen LogP) is 3.78. The van der Waals surface area contributed by atoms with Crippen LogP contribution in [-0.4, -0.2) is 27.3 Å². The third kappa shape index (κ3) is 4.22. The third-order valence-corrected chi connectivity index (χ3v) is 5.04. The van der Waals surface area contributed by atoms with Gasteiger partial charge in [-0.1, -0.05) is 6.07 Å². The molecule has 1 amide bonds. The van der Waals surface area contributed by atoms with E-state index in [0.717, 1.165) is 12.1 Å². The van der Waals surface area contributed by atoms with Gasteiger partial charge >= 0.3 is 5.76 Å². The summed E-state index contributed by atoms with van der Waals surface area (Å²) in [5, 5.41) is 10.8. The van der Waals surface area contributed by atoms with Crippen LogP contribution >= 0.6 is 0 Å². The second-order valence-electron chi connectivity index (χ2n) is 6.89. The normalized spacial score (nSPS) is 12.1. The van der Waals surface area contributed by atoms with Crippen LogP contribution in [0.1, 0.15) is 31.4 Å². The van der Waals surface area contributed by atoms with Gasteiger partial charge in [-0.25, -0.2) is 13.6 Å². The molecule has 0 aliphatic heterocycles. The molecule has 0 unspecified atom stereocenters. The Bertz CT molecular complexity index is 1170. The minimum Gasteiger partial charge on any atom is -0.407 e. The highest BCUT2D eigenvalue weighted by Gasteiger charge is 2.19. The zero-order chi connectivity index (χ0) is 22.0. The van der Waals surface area contributed by atoms with Gasteiger partial charge < -0.3 is 9.32 Å². The SMILES string of the molecule is C[C@@H](c1ccc(F)c(F)c1)N(C)C(=O)CCCn1c(=O)oc2cc([N+](=O)[O-])ccc21. The molecule has 0 spiro atoms. The van der Waals surface area contributed by atoms with E-state index in [4.69, 9.17) is 4.42 Å². The lowest BCUT2D eigenvalue weighted by Crippen LogP contribution is -2.30. The molecule has 0 fully saturated rings. The van der Waals surface area contributed by atoms with E-state index in [2.05, 4.69) is 0 Å². The summed E-state index contributed by atoms with van der Waals surface area (Å²) in [6, 6.07) is 6.90. The summed E-state index contributed by atoms with van der Waals surface area (Å²) in [4.78, 5) is 36.2. The third-order valence-electron chi connectivity index (χ3n) is 5.04. The maximum Gasteiger partial charge on any atom is 0.419 e. The topological polar surface area (TPSA) is 98.6 Å². The molecule has 0 saturated carbocycles. The van der Waals surface area contributed by atoms with Crippen molar-refractivity contribution in [1.29, 1.82) is 0 Å². The Morgan fingerprint density at radius 1 is 1.23 bits per heavy atom. The maximum absolute atomic E-state index is 13.4. The van der Waals surface area contributed by atoms with Gasteiger partial charge in [0.1, 0.15) is 0 Å². The Hall–Kier alpha value is -3.56. The maximum atomic E-state index is 13.4. The molecule has 0 aliphatic rings. The van der Waals surface area contributed by atoms with Crippen LogP contribution in [0, 0.1) is 21.7 Å². The van der Waals surface area contributed by atoms with Crippen LogP contribution in [0.3, 0.4) is 0 Å². The largest absolute Gasteiger partial charge is 0.419 e. The molecule has 1 atom stereocenters. The van der Waals surface area contributed by atoms with Crippen molar-refractivity contribution < 1.29 is 22.9 Å². The molecule has 0 aliphatic carbocycles. The van der Waals surface area contributed by atoms with Gasteiger partial charge in [0.15, 0.2) is 17.2 Å². The zero-order valence-corrected chi connectivity index (χ0v) is 16.3. The minimum atomic E-state index is -0.980. The Balaban J connectivity index is 1.65. The first kappa shape index (κ1) is 21.2. The van der Waals surface area contributed by atoms with Crippen molar-refractivity contribution in [3.63, 3.8) is 0 Å². The quantitative estimate of drug-likeness (QED) is 0.429. The number of benzene rings is 2. The van der Waals surface area contributed by atoms with Crippen LogP contribution in [0.15, 0.2) is 45.6 Å². The number of aryl methyl sites for hydroxylation is 1. The number of hydrogen-bond acceptors (Lipinski definition) is 5. The summed E-state index contributed by atoms with van der Waals surface area (Å²) in [5.41, 5.74) is 0.779. The molecule has 0 N–H and O–H groups in total. The van der Waals surface area contributed by atoms with Gasteiger partial charge in [0.2, 0.25) is 5.91 Å². The Kier molecular flexibility index (Phi) is 5.95. The number of carbonyl (C=O) groups excluding carboxylic acids is 1. The molecule has 3 rings (SSSR count). The molecule has 0 bridgehead atoms. The smallest absolute Gasteiger partial charge is 0.407 e. The van der Waals surface area contributed by atoms with Crippen molar-refractivity contribution in [2.45, 2.75) is 32.4 Å². The average molecular weight is 419 g/mol. The average Bonchev–Trinajstić information content (AvgIpc) is 3.03. The van der Waals surface area contributed by atoms with Gasteiger partial charge in [-0.3, -0.25) is 19.5 Å². The zero-order valence-electron chi connectivity index (χ0n) is 16.3. The lowest BCUT2D eigenvalue weighted by atomic mass is 10.1. The highest BCUT2D eigenvalue weighted by molar-refractivity contribution is 5.77. The number of fused-ring (bicyclic) bond motifs is 1. The first-order valence-electron chi connectivity index (χ1n) is 9.17. The number of hydrogen-bond donors (Lipinski definition) is 0. The van der Waals surface area contributed by atoms with Gasteiger partial charge in [-0.15, -0.1) is 0 Å². The van der Waals surface area contributed by atoms with Gasteiger partial charge in [0.25, 0.3) is 5.69 Å². The number of halogens is 2. The van der Waals surface area contributed by atoms with E-state index in [9.17, 15) is 28.5 Å². The molecule has 10 heteroatoms. The van der Waals surface area contributed by atoms with E-state index in [1.165, 1.54) is 33.7 Å². The summed E-state index contributed by atoms with van der Waals surface area (Å²) >= 11 is 0. The van der Waals surface area contributed by atoms with E-state index >= 15 is 0 Å². The number of nitro groups is 1. The lowest BCUT2D eigenvalue weighted by Gasteiger charge is -2.25. The number of nitrogens with zero attached hydrogens (tertiary/aromatic N) is 3. The number of non-ortho nitro benzene ring substituents is 1. The van der Waals surface area contributed by atoms with Crippen LogP contribution in [0.25, 0.3) is 11.1 Å². The Labute approximate surface area is 169 Å². The molecule has 3 aromatic rings. The fourth-order valence-corrected chi connectivity index (χ4v) is 3.16. The monoisotopic (exact) mass is 419 g/mol. The van der Waals surface area contributed by atoms with E-state index in [1.807, 2.05) is 0 Å². The lowest BCUT2D eigenvalue weighted by molar-refractivity contribution is -0.384. The predicted molar refractivity (Wildman–Crippen MR) is 104 cm³/mol. The van der Waals surface area contributed by atoms with E-state index < -0.39 is 28.4 Å². The van der Waals surface area contributed by atoms with Crippen molar-refractivity contribution in [3.05, 3.63) is 74.3 Å². The van der Waals surface area contributed by atoms with Gasteiger partial charge in [-0.05, 0) is 37.1 Å². The van der Waals surface area contributed by atoms with Crippen LogP contribution in [0.4, 0.5) is 14.5 Å². The summed E-state index contributed by atoms with van der Waals surface area (Å²) in [7, 11) is 1.56. The number of aromatic nitrogens is 1. The summed E-state index contributed by atoms with van der Waals surface area (Å²) in [6.07, 6.45) is 0.426. The van der Waals surface area contributed by atoms with Gasteiger partial charge in [0.05, 0.1) is 22.5 Å². The molecule has 30 heavy (non-hydrogen) atoms. The van der Waals surface area contributed by atoms with Crippen molar-refractivity contribution in [1.82, 2.24) is 9.47 Å². The van der Waals surface area contributed by atoms with Crippen molar-refractivity contribution in [2.24, 2.45) is 0 Å². The standard InChI is InChI=1S/C20H19F2N3O5/c1-12(13-5-7-15(21)16(22)10-13)23(2)19(26)4-3-9-24-17-8-6-14(25(28)29)11-18(17)30-20(24)27/h5-8,10-12H,3-4,9H2,1-2H3/t12-/m0/s1. The molecule has 0 radical (unpaired) electrons. The second kappa shape index (κ2) is 8.44.